The topological polar surface area (TPSA) is 50.7 Å². The summed E-state index contributed by atoms with van der Waals surface area (Å²) >= 11 is 9.57. The van der Waals surface area contributed by atoms with E-state index >= 15 is 0 Å². The molecule has 2 aromatic heterocycles. The van der Waals surface area contributed by atoms with Gasteiger partial charge in [0.2, 0.25) is 0 Å². The molecule has 10 heteroatoms. The van der Waals surface area contributed by atoms with Gasteiger partial charge in [0.05, 0.1) is 31.6 Å². The minimum absolute atomic E-state index is 0.324. The first kappa shape index (κ1) is 31.9. The van der Waals surface area contributed by atoms with Crippen molar-refractivity contribution in [3.05, 3.63) is 62.6 Å². The number of hydrogen-bond donors (Lipinski definition) is 0. The summed E-state index contributed by atoms with van der Waals surface area (Å²) in [5, 5.41) is 3.09. The van der Waals surface area contributed by atoms with Crippen molar-refractivity contribution in [3.63, 3.8) is 0 Å². The molecule has 44 heavy (non-hydrogen) atoms. The molecule has 2 aromatic carbocycles. The second-order valence-corrected chi connectivity index (χ2v) is 16.0. The monoisotopic (exact) mass is 648 g/mol. The zero-order valence-corrected chi connectivity index (χ0v) is 29.5. The molecule has 0 atom stereocenters. The fourth-order valence-electron chi connectivity index (χ4n) is 6.00. The SMILES string of the molecule is CC1=C(c2nc3cc(B4OC(C)(C)C(C)(C)O4)ccc3s2)CCN(C)C1.CC1=C(c2nc3cc(Cl)ccc3s2)CCN(C)C1. The summed E-state index contributed by atoms with van der Waals surface area (Å²) < 4.78 is 14.8. The molecule has 1 fully saturated rings. The van der Waals surface area contributed by atoms with E-state index in [0.29, 0.717) is 0 Å². The third-order valence-corrected chi connectivity index (χ3v) is 11.8. The largest absolute Gasteiger partial charge is 0.494 e. The number of likely N-dealkylation sites (N-methyl/N-ethyl adjacent to an activating group) is 2. The van der Waals surface area contributed by atoms with E-state index in [1.807, 2.05) is 12.1 Å². The molecule has 0 radical (unpaired) electrons. The lowest BCUT2D eigenvalue weighted by atomic mass is 9.79. The van der Waals surface area contributed by atoms with Crippen molar-refractivity contribution in [1.29, 1.82) is 0 Å². The quantitative estimate of drug-likeness (QED) is 0.212. The van der Waals surface area contributed by atoms with Gasteiger partial charge in [0.15, 0.2) is 0 Å². The number of rotatable bonds is 3. The Bertz CT molecular complexity index is 1760. The van der Waals surface area contributed by atoms with Crippen LogP contribution >= 0.6 is 34.3 Å². The highest BCUT2D eigenvalue weighted by atomic mass is 35.5. The molecule has 3 aliphatic heterocycles. The molecule has 6 nitrogen and oxygen atoms in total. The molecule has 1 saturated heterocycles. The first-order chi connectivity index (χ1) is 20.8. The third kappa shape index (κ3) is 6.43. The number of aromatic nitrogens is 2. The van der Waals surface area contributed by atoms with Crippen LogP contribution in [0, 0.1) is 0 Å². The number of benzene rings is 2. The van der Waals surface area contributed by atoms with Gasteiger partial charge in [-0.25, -0.2) is 9.97 Å². The van der Waals surface area contributed by atoms with Gasteiger partial charge in [0.1, 0.15) is 10.0 Å². The van der Waals surface area contributed by atoms with Crippen LogP contribution in [-0.4, -0.2) is 78.4 Å². The number of thiazole rings is 2. The smallest absolute Gasteiger partial charge is 0.399 e. The minimum atomic E-state index is -0.334. The van der Waals surface area contributed by atoms with Crippen molar-refractivity contribution in [2.45, 2.75) is 65.6 Å². The highest BCUT2D eigenvalue weighted by molar-refractivity contribution is 7.19. The number of hydrogen-bond acceptors (Lipinski definition) is 8. The van der Waals surface area contributed by atoms with E-state index in [0.717, 1.165) is 70.6 Å². The summed E-state index contributed by atoms with van der Waals surface area (Å²) in [4.78, 5) is 14.4. The Labute approximate surface area is 274 Å². The molecular formula is C34H42BClN4O2S2. The first-order valence-corrected chi connectivity index (χ1v) is 17.4. The number of nitrogens with zero attached hydrogens (tertiary/aromatic N) is 4. The summed E-state index contributed by atoms with van der Waals surface area (Å²) in [5.74, 6) is 0. The van der Waals surface area contributed by atoms with E-state index in [1.165, 1.54) is 31.7 Å². The Morgan fingerprint density at radius 3 is 1.73 bits per heavy atom. The van der Waals surface area contributed by atoms with E-state index in [9.17, 15) is 0 Å². The highest BCUT2D eigenvalue weighted by Gasteiger charge is 2.51. The number of fused-ring (bicyclic) bond motifs is 2. The Morgan fingerprint density at radius 2 is 1.23 bits per heavy atom. The van der Waals surface area contributed by atoms with Crippen LogP contribution in [0.25, 0.3) is 31.6 Å². The van der Waals surface area contributed by atoms with Crippen molar-refractivity contribution < 1.29 is 9.31 Å². The summed E-state index contributed by atoms with van der Waals surface area (Å²) in [6.07, 6.45) is 2.17. The van der Waals surface area contributed by atoms with Crippen LogP contribution in [0.2, 0.25) is 5.02 Å². The van der Waals surface area contributed by atoms with E-state index in [-0.39, 0.29) is 18.3 Å². The van der Waals surface area contributed by atoms with Gasteiger partial charge in [-0.2, -0.15) is 0 Å². The van der Waals surface area contributed by atoms with Crippen LogP contribution < -0.4 is 5.46 Å². The van der Waals surface area contributed by atoms with Crippen LogP contribution in [0.1, 0.15) is 64.4 Å². The number of halogens is 1. The van der Waals surface area contributed by atoms with Gasteiger partial charge >= 0.3 is 7.12 Å². The molecule has 3 aliphatic rings. The van der Waals surface area contributed by atoms with Crippen molar-refractivity contribution in [3.8, 4) is 0 Å². The molecule has 0 amide bonds. The lowest BCUT2D eigenvalue weighted by molar-refractivity contribution is 0.00578. The Hall–Kier alpha value is -2.11. The van der Waals surface area contributed by atoms with Crippen molar-refractivity contribution in [2.75, 3.05) is 40.3 Å². The standard InChI is InChI=1S/C20H27BN2O2S.C14H15ClN2S/c1-13-12-23(6)10-9-15(13)18-22-16-11-14(7-8-17(16)26-18)21-24-19(2,3)20(4,5)25-21;1-9-8-17(2)6-5-11(9)14-16-12-7-10(15)3-4-13(12)18-14/h7-8,11H,9-10,12H2,1-6H3;3-4,7H,5-6,8H2,1-2H3. The van der Waals surface area contributed by atoms with Gasteiger partial charge in [-0.3, -0.25) is 0 Å². The van der Waals surface area contributed by atoms with Crippen molar-refractivity contribution in [2.24, 2.45) is 0 Å². The second kappa shape index (κ2) is 12.2. The summed E-state index contributed by atoms with van der Waals surface area (Å²) in [5.41, 5.74) is 8.16. The zero-order valence-electron chi connectivity index (χ0n) is 27.1. The fourth-order valence-corrected chi connectivity index (χ4v) is 8.36. The molecule has 0 unspecified atom stereocenters. The molecule has 0 N–H and O–H groups in total. The average molecular weight is 649 g/mol. The molecule has 7 rings (SSSR count). The second-order valence-electron chi connectivity index (χ2n) is 13.5. The Morgan fingerprint density at radius 1 is 0.750 bits per heavy atom. The fraction of sp³-hybridized carbons (Fsp3) is 0.471. The van der Waals surface area contributed by atoms with Crippen LogP contribution in [0.5, 0.6) is 0 Å². The zero-order chi connectivity index (χ0) is 31.4. The van der Waals surface area contributed by atoms with Gasteiger partial charge in [-0.1, -0.05) is 28.8 Å². The maximum absolute atomic E-state index is 6.19. The van der Waals surface area contributed by atoms with Crippen LogP contribution in [0.15, 0.2) is 47.5 Å². The van der Waals surface area contributed by atoms with Crippen LogP contribution in [0.4, 0.5) is 0 Å². The summed E-state index contributed by atoms with van der Waals surface area (Å²) in [6, 6.07) is 12.3. The van der Waals surface area contributed by atoms with Gasteiger partial charge in [0.25, 0.3) is 0 Å². The predicted octanol–water partition coefficient (Wildman–Crippen LogP) is 7.76. The Balaban J connectivity index is 0.000000167. The Kier molecular flexibility index (Phi) is 8.87. The van der Waals surface area contributed by atoms with E-state index in [2.05, 4.69) is 89.7 Å². The van der Waals surface area contributed by atoms with Gasteiger partial charge in [-0.15, -0.1) is 22.7 Å². The lowest BCUT2D eigenvalue weighted by Crippen LogP contribution is -2.41. The van der Waals surface area contributed by atoms with Crippen LogP contribution in [-0.2, 0) is 9.31 Å². The molecule has 0 bridgehead atoms. The van der Waals surface area contributed by atoms with Crippen molar-refractivity contribution in [1.82, 2.24) is 19.8 Å². The molecule has 0 aliphatic carbocycles. The van der Waals surface area contributed by atoms with E-state index < -0.39 is 0 Å². The predicted molar refractivity (Wildman–Crippen MR) is 189 cm³/mol. The third-order valence-electron chi connectivity index (χ3n) is 9.33. The van der Waals surface area contributed by atoms with E-state index in [4.69, 9.17) is 30.9 Å². The molecule has 5 heterocycles. The normalized spacial score (nSPS) is 21.0. The maximum atomic E-state index is 6.19. The molecule has 0 saturated carbocycles. The lowest BCUT2D eigenvalue weighted by Gasteiger charge is -2.32. The highest BCUT2D eigenvalue weighted by Crippen LogP contribution is 2.38. The van der Waals surface area contributed by atoms with Crippen LogP contribution in [0.3, 0.4) is 0 Å². The molecule has 232 valence electrons. The molecular weight excluding hydrogens is 607 g/mol. The van der Waals surface area contributed by atoms with Crippen molar-refractivity contribution >= 4 is 78.4 Å². The average Bonchev–Trinajstić information content (AvgIpc) is 3.61. The van der Waals surface area contributed by atoms with Gasteiger partial charge in [0, 0.05) is 31.2 Å². The van der Waals surface area contributed by atoms with Gasteiger partial charge < -0.3 is 19.1 Å². The summed E-state index contributed by atoms with van der Waals surface area (Å²) in [7, 11) is 4.01. The summed E-state index contributed by atoms with van der Waals surface area (Å²) in [6.45, 7) is 17.1. The molecule has 0 spiro atoms. The minimum Gasteiger partial charge on any atom is -0.399 e. The molecule has 4 aromatic rings. The first-order valence-electron chi connectivity index (χ1n) is 15.4. The maximum Gasteiger partial charge on any atom is 0.494 e. The van der Waals surface area contributed by atoms with E-state index in [1.54, 1.807) is 22.7 Å². The van der Waals surface area contributed by atoms with Gasteiger partial charge in [-0.05, 0) is 115 Å².